The lowest BCUT2D eigenvalue weighted by molar-refractivity contribution is 0.245. The van der Waals surface area contributed by atoms with E-state index >= 15 is 0 Å². The maximum absolute atomic E-state index is 12.0. The van der Waals surface area contributed by atoms with Crippen molar-refractivity contribution in [3.63, 3.8) is 0 Å². The molecule has 1 aliphatic rings. The topological polar surface area (TPSA) is 85.2 Å². The summed E-state index contributed by atoms with van der Waals surface area (Å²) in [7, 11) is -3.36. The molecule has 21 heavy (non-hydrogen) atoms. The minimum Gasteiger partial charge on any atom is -0.314 e. The summed E-state index contributed by atoms with van der Waals surface area (Å²) in [4.78, 5) is 2.23. The van der Waals surface area contributed by atoms with E-state index in [1.54, 1.807) is 24.3 Å². The van der Waals surface area contributed by atoms with Crippen molar-refractivity contribution in [1.82, 2.24) is 14.9 Å². The molecule has 0 unspecified atom stereocenters. The third kappa shape index (κ3) is 5.44. The molecular formula is C14H20N4O2S. The Labute approximate surface area is 125 Å². The quantitative estimate of drug-likeness (QED) is 0.765. The molecule has 0 aliphatic carbocycles. The van der Waals surface area contributed by atoms with Gasteiger partial charge in [0.1, 0.15) is 0 Å². The Morgan fingerprint density at radius 1 is 1.33 bits per heavy atom. The first-order chi connectivity index (χ1) is 10.1. The number of hydrogen-bond donors (Lipinski definition) is 2. The van der Waals surface area contributed by atoms with Crippen LogP contribution in [0.5, 0.6) is 0 Å². The predicted octanol–water partition coefficient (Wildman–Crippen LogP) is -0.117. The van der Waals surface area contributed by atoms with Gasteiger partial charge in [0.25, 0.3) is 0 Å². The number of hydrogen-bond acceptors (Lipinski definition) is 5. The number of nitrogens with one attached hydrogen (secondary N) is 2. The van der Waals surface area contributed by atoms with Gasteiger partial charge in [0, 0.05) is 39.3 Å². The Balaban J connectivity index is 1.82. The molecule has 0 atom stereocenters. The van der Waals surface area contributed by atoms with Crippen LogP contribution in [0.4, 0.5) is 0 Å². The normalized spacial score (nSPS) is 16.5. The van der Waals surface area contributed by atoms with Gasteiger partial charge in [0.2, 0.25) is 10.0 Å². The first kappa shape index (κ1) is 15.9. The minimum absolute atomic E-state index is 0.0932. The van der Waals surface area contributed by atoms with Gasteiger partial charge < -0.3 is 5.32 Å². The Hall–Kier alpha value is -1.46. The van der Waals surface area contributed by atoms with E-state index in [1.807, 2.05) is 6.07 Å². The standard InChI is InChI=1S/C14H20N4O2S/c15-11-13-2-1-3-14(10-13)12-21(19,20)17-6-9-18-7-4-16-5-8-18/h1-3,10,16-17H,4-9,12H2. The fourth-order valence-corrected chi connectivity index (χ4v) is 3.42. The van der Waals surface area contributed by atoms with Gasteiger partial charge in [-0.25, -0.2) is 13.1 Å². The highest BCUT2D eigenvalue weighted by atomic mass is 32.2. The van der Waals surface area contributed by atoms with Gasteiger partial charge in [-0.15, -0.1) is 0 Å². The van der Waals surface area contributed by atoms with Crippen molar-refractivity contribution in [2.45, 2.75) is 5.75 Å². The maximum Gasteiger partial charge on any atom is 0.215 e. The molecule has 0 aromatic heterocycles. The second kappa shape index (κ2) is 7.52. The third-order valence-corrected chi connectivity index (χ3v) is 4.73. The van der Waals surface area contributed by atoms with Crippen LogP contribution in [-0.4, -0.2) is 52.6 Å². The summed E-state index contributed by atoms with van der Waals surface area (Å²) in [5, 5.41) is 12.1. The highest BCUT2D eigenvalue weighted by Gasteiger charge is 2.13. The molecule has 6 nitrogen and oxygen atoms in total. The van der Waals surface area contributed by atoms with Crippen molar-refractivity contribution in [1.29, 1.82) is 5.26 Å². The molecule has 0 saturated carbocycles. The Bertz CT molecular complexity index is 604. The van der Waals surface area contributed by atoms with Crippen LogP contribution in [0, 0.1) is 11.3 Å². The smallest absolute Gasteiger partial charge is 0.215 e. The maximum atomic E-state index is 12.0. The van der Waals surface area contributed by atoms with E-state index < -0.39 is 10.0 Å². The predicted molar refractivity (Wildman–Crippen MR) is 81.1 cm³/mol. The number of benzene rings is 1. The van der Waals surface area contributed by atoms with Crippen molar-refractivity contribution in [3.8, 4) is 6.07 Å². The Kier molecular flexibility index (Phi) is 5.70. The number of sulfonamides is 1. The van der Waals surface area contributed by atoms with Crippen LogP contribution in [-0.2, 0) is 15.8 Å². The molecule has 1 fully saturated rings. The van der Waals surface area contributed by atoms with Crippen LogP contribution in [0.3, 0.4) is 0 Å². The third-order valence-electron chi connectivity index (χ3n) is 3.37. The van der Waals surface area contributed by atoms with E-state index in [0.717, 1.165) is 32.7 Å². The van der Waals surface area contributed by atoms with E-state index in [4.69, 9.17) is 5.26 Å². The van der Waals surface area contributed by atoms with Crippen molar-refractivity contribution in [2.75, 3.05) is 39.3 Å². The minimum atomic E-state index is -3.36. The van der Waals surface area contributed by atoms with Gasteiger partial charge in [-0.2, -0.15) is 5.26 Å². The molecular weight excluding hydrogens is 288 g/mol. The van der Waals surface area contributed by atoms with Gasteiger partial charge in [0.15, 0.2) is 0 Å². The molecule has 7 heteroatoms. The van der Waals surface area contributed by atoms with Crippen molar-refractivity contribution < 1.29 is 8.42 Å². The molecule has 1 aromatic carbocycles. The number of nitriles is 1. The average molecular weight is 308 g/mol. The van der Waals surface area contributed by atoms with Crippen molar-refractivity contribution in [3.05, 3.63) is 35.4 Å². The fraction of sp³-hybridized carbons (Fsp3) is 0.500. The van der Waals surface area contributed by atoms with E-state index in [2.05, 4.69) is 14.9 Å². The lowest BCUT2D eigenvalue weighted by atomic mass is 10.2. The highest BCUT2D eigenvalue weighted by Crippen LogP contribution is 2.07. The molecule has 1 saturated heterocycles. The summed E-state index contributed by atoms with van der Waals surface area (Å²) < 4.78 is 26.7. The molecule has 0 radical (unpaired) electrons. The summed E-state index contributed by atoms with van der Waals surface area (Å²) >= 11 is 0. The molecule has 2 N–H and O–H groups in total. The SMILES string of the molecule is N#Cc1cccc(CS(=O)(=O)NCCN2CCNCC2)c1. The van der Waals surface area contributed by atoms with Crippen LogP contribution < -0.4 is 10.0 Å². The highest BCUT2D eigenvalue weighted by molar-refractivity contribution is 7.88. The van der Waals surface area contributed by atoms with Crippen molar-refractivity contribution >= 4 is 10.0 Å². The average Bonchev–Trinajstić information content (AvgIpc) is 2.48. The molecule has 1 aromatic rings. The Morgan fingerprint density at radius 3 is 2.81 bits per heavy atom. The van der Waals surface area contributed by atoms with Gasteiger partial charge in [-0.05, 0) is 17.7 Å². The number of nitrogens with zero attached hydrogens (tertiary/aromatic N) is 2. The molecule has 1 heterocycles. The van der Waals surface area contributed by atoms with Crippen molar-refractivity contribution in [2.24, 2.45) is 0 Å². The summed E-state index contributed by atoms with van der Waals surface area (Å²) in [5.74, 6) is -0.0932. The van der Waals surface area contributed by atoms with E-state index in [1.165, 1.54) is 0 Å². The fourth-order valence-electron chi connectivity index (χ4n) is 2.30. The van der Waals surface area contributed by atoms with Gasteiger partial charge in [0.05, 0.1) is 17.4 Å². The zero-order valence-electron chi connectivity index (χ0n) is 11.9. The first-order valence-electron chi connectivity index (χ1n) is 6.98. The first-order valence-corrected chi connectivity index (χ1v) is 8.64. The van der Waals surface area contributed by atoms with E-state index in [-0.39, 0.29) is 5.75 Å². The lowest BCUT2D eigenvalue weighted by Gasteiger charge is -2.27. The van der Waals surface area contributed by atoms with E-state index in [0.29, 0.717) is 17.7 Å². The summed E-state index contributed by atoms with van der Waals surface area (Å²) in [5.41, 5.74) is 1.10. The zero-order chi connectivity index (χ0) is 15.1. The molecule has 1 aliphatic heterocycles. The summed E-state index contributed by atoms with van der Waals surface area (Å²) in [6, 6.07) is 8.70. The molecule has 2 rings (SSSR count). The number of rotatable bonds is 6. The Morgan fingerprint density at radius 2 is 2.10 bits per heavy atom. The second-order valence-electron chi connectivity index (χ2n) is 5.06. The monoisotopic (exact) mass is 308 g/mol. The number of piperazine rings is 1. The molecule has 0 bridgehead atoms. The van der Waals surface area contributed by atoms with Crippen LogP contribution in [0.15, 0.2) is 24.3 Å². The van der Waals surface area contributed by atoms with Crippen LogP contribution in [0.2, 0.25) is 0 Å². The van der Waals surface area contributed by atoms with Gasteiger partial charge >= 0.3 is 0 Å². The molecule has 114 valence electrons. The summed E-state index contributed by atoms with van der Waals surface area (Å²) in [6.07, 6.45) is 0. The van der Waals surface area contributed by atoms with Crippen LogP contribution in [0.25, 0.3) is 0 Å². The van der Waals surface area contributed by atoms with E-state index in [9.17, 15) is 8.42 Å². The summed E-state index contributed by atoms with van der Waals surface area (Å²) in [6.45, 7) is 4.94. The van der Waals surface area contributed by atoms with Crippen LogP contribution >= 0.6 is 0 Å². The molecule has 0 spiro atoms. The van der Waals surface area contributed by atoms with Crippen LogP contribution in [0.1, 0.15) is 11.1 Å². The zero-order valence-corrected chi connectivity index (χ0v) is 12.7. The second-order valence-corrected chi connectivity index (χ2v) is 6.86. The lowest BCUT2D eigenvalue weighted by Crippen LogP contribution is -2.46. The largest absolute Gasteiger partial charge is 0.314 e. The van der Waals surface area contributed by atoms with Gasteiger partial charge in [-0.3, -0.25) is 4.90 Å². The molecule has 0 amide bonds. The van der Waals surface area contributed by atoms with Gasteiger partial charge in [-0.1, -0.05) is 12.1 Å².